The third-order valence-corrected chi connectivity index (χ3v) is 4.34. The van der Waals surface area contributed by atoms with Gasteiger partial charge in [0, 0.05) is 24.6 Å². The SMILES string of the molecule is CCC(CC)(CN)C(=O)Nc1ccc(Cn2cccn2)cc1.Cl. The van der Waals surface area contributed by atoms with Gasteiger partial charge in [0.05, 0.1) is 12.0 Å². The highest BCUT2D eigenvalue weighted by atomic mass is 35.5. The summed E-state index contributed by atoms with van der Waals surface area (Å²) >= 11 is 0. The van der Waals surface area contributed by atoms with Crippen LogP contribution in [-0.4, -0.2) is 22.2 Å². The smallest absolute Gasteiger partial charge is 0.231 e. The van der Waals surface area contributed by atoms with E-state index >= 15 is 0 Å². The van der Waals surface area contributed by atoms with Crippen LogP contribution in [0, 0.1) is 5.41 Å². The summed E-state index contributed by atoms with van der Waals surface area (Å²) in [4.78, 5) is 12.5. The molecule has 0 aliphatic carbocycles. The van der Waals surface area contributed by atoms with Crippen molar-refractivity contribution in [3.8, 4) is 0 Å². The molecule has 1 amide bonds. The van der Waals surface area contributed by atoms with Crippen molar-refractivity contribution in [1.82, 2.24) is 9.78 Å². The first-order chi connectivity index (χ1) is 10.6. The van der Waals surface area contributed by atoms with Crippen LogP contribution in [0.1, 0.15) is 32.3 Å². The molecule has 0 aliphatic rings. The van der Waals surface area contributed by atoms with Gasteiger partial charge in [-0.3, -0.25) is 9.48 Å². The van der Waals surface area contributed by atoms with E-state index in [9.17, 15) is 4.79 Å². The highest BCUT2D eigenvalue weighted by Gasteiger charge is 2.33. The normalized spacial score (nSPS) is 10.9. The fourth-order valence-corrected chi connectivity index (χ4v) is 2.49. The molecule has 1 heterocycles. The van der Waals surface area contributed by atoms with Gasteiger partial charge in [-0.25, -0.2) is 0 Å². The molecule has 0 fully saturated rings. The number of benzene rings is 1. The van der Waals surface area contributed by atoms with Crippen LogP contribution in [0.2, 0.25) is 0 Å². The zero-order valence-corrected chi connectivity index (χ0v) is 14.5. The van der Waals surface area contributed by atoms with Gasteiger partial charge in [0.1, 0.15) is 0 Å². The Kier molecular flexibility index (Phi) is 7.26. The van der Waals surface area contributed by atoms with E-state index in [0.29, 0.717) is 6.54 Å². The van der Waals surface area contributed by atoms with Crippen LogP contribution in [0.3, 0.4) is 0 Å². The molecule has 5 nitrogen and oxygen atoms in total. The molecular formula is C17H25ClN4O. The largest absolute Gasteiger partial charge is 0.329 e. The van der Waals surface area contributed by atoms with Crippen molar-refractivity contribution in [2.45, 2.75) is 33.2 Å². The third kappa shape index (κ3) is 4.56. The lowest BCUT2D eigenvalue weighted by molar-refractivity contribution is -0.125. The Balaban J connectivity index is 0.00000264. The van der Waals surface area contributed by atoms with Crippen LogP contribution in [0.4, 0.5) is 5.69 Å². The fourth-order valence-electron chi connectivity index (χ4n) is 2.49. The topological polar surface area (TPSA) is 72.9 Å². The number of anilines is 1. The van der Waals surface area contributed by atoms with Gasteiger partial charge in [0.2, 0.25) is 5.91 Å². The zero-order chi connectivity index (χ0) is 16.0. The van der Waals surface area contributed by atoms with Crippen molar-refractivity contribution in [2.24, 2.45) is 11.1 Å². The van der Waals surface area contributed by atoms with E-state index in [2.05, 4.69) is 10.4 Å². The molecule has 0 radical (unpaired) electrons. The highest BCUT2D eigenvalue weighted by Crippen LogP contribution is 2.27. The van der Waals surface area contributed by atoms with Crippen LogP contribution in [0.5, 0.6) is 0 Å². The number of nitrogens with one attached hydrogen (secondary N) is 1. The molecule has 0 saturated heterocycles. The molecule has 3 N–H and O–H groups in total. The van der Waals surface area contributed by atoms with Crippen LogP contribution < -0.4 is 11.1 Å². The highest BCUT2D eigenvalue weighted by molar-refractivity contribution is 5.95. The average molecular weight is 337 g/mol. The van der Waals surface area contributed by atoms with Gasteiger partial charge in [-0.15, -0.1) is 12.4 Å². The maximum Gasteiger partial charge on any atom is 0.231 e. The molecule has 0 bridgehead atoms. The van der Waals surface area contributed by atoms with Crippen molar-refractivity contribution < 1.29 is 4.79 Å². The molecule has 0 aliphatic heterocycles. The second-order valence-corrected chi connectivity index (χ2v) is 5.55. The third-order valence-electron chi connectivity index (χ3n) is 4.34. The number of nitrogens with two attached hydrogens (primary N) is 1. The van der Waals surface area contributed by atoms with Crippen molar-refractivity contribution in [1.29, 1.82) is 0 Å². The molecule has 126 valence electrons. The monoisotopic (exact) mass is 336 g/mol. The standard InChI is InChI=1S/C17H24N4O.ClH/c1-3-17(4-2,13-18)16(22)20-15-8-6-14(7-9-15)12-21-11-5-10-19-21;/h5-11H,3-4,12-13,18H2,1-2H3,(H,20,22);1H. The summed E-state index contributed by atoms with van der Waals surface area (Å²) in [6, 6.07) is 9.74. The summed E-state index contributed by atoms with van der Waals surface area (Å²) < 4.78 is 1.86. The Bertz CT molecular complexity index is 583. The minimum absolute atomic E-state index is 0. The van der Waals surface area contributed by atoms with Gasteiger partial charge in [-0.05, 0) is 36.6 Å². The molecule has 0 spiro atoms. The molecule has 1 aromatic heterocycles. The molecule has 0 unspecified atom stereocenters. The minimum atomic E-state index is -0.478. The van der Waals surface area contributed by atoms with Gasteiger partial charge in [-0.2, -0.15) is 5.10 Å². The van der Waals surface area contributed by atoms with Gasteiger partial charge in [-0.1, -0.05) is 26.0 Å². The molecule has 23 heavy (non-hydrogen) atoms. The number of carbonyl (C=O) groups is 1. The number of amides is 1. The predicted octanol–water partition coefficient (Wildman–Crippen LogP) is 3.06. The number of rotatable bonds is 7. The lowest BCUT2D eigenvalue weighted by Gasteiger charge is -2.28. The Morgan fingerprint density at radius 1 is 1.26 bits per heavy atom. The maximum absolute atomic E-state index is 12.5. The first-order valence-corrected chi connectivity index (χ1v) is 7.71. The van der Waals surface area contributed by atoms with E-state index in [1.807, 2.05) is 55.1 Å². The van der Waals surface area contributed by atoms with Crippen molar-refractivity contribution in [2.75, 3.05) is 11.9 Å². The summed E-state index contributed by atoms with van der Waals surface area (Å²) in [5.41, 5.74) is 7.27. The van der Waals surface area contributed by atoms with Gasteiger partial charge in [0.15, 0.2) is 0 Å². The quantitative estimate of drug-likeness (QED) is 0.816. The van der Waals surface area contributed by atoms with E-state index in [-0.39, 0.29) is 18.3 Å². The fraction of sp³-hybridized carbons (Fsp3) is 0.412. The molecule has 6 heteroatoms. The van der Waals surface area contributed by atoms with Crippen molar-refractivity contribution in [3.63, 3.8) is 0 Å². The summed E-state index contributed by atoms with van der Waals surface area (Å²) in [6.07, 6.45) is 5.16. The molecular weight excluding hydrogens is 312 g/mol. The van der Waals surface area contributed by atoms with Gasteiger partial charge in [0.25, 0.3) is 0 Å². The van der Waals surface area contributed by atoms with Gasteiger partial charge >= 0.3 is 0 Å². The van der Waals surface area contributed by atoms with E-state index in [0.717, 1.165) is 30.6 Å². The van der Waals surface area contributed by atoms with Crippen LogP contribution in [0.25, 0.3) is 0 Å². The number of hydrogen-bond acceptors (Lipinski definition) is 3. The first-order valence-electron chi connectivity index (χ1n) is 7.71. The van der Waals surface area contributed by atoms with Crippen LogP contribution in [-0.2, 0) is 11.3 Å². The Labute approximate surface area is 143 Å². The predicted molar refractivity (Wildman–Crippen MR) is 95.7 cm³/mol. The molecule has 0 atom stereocenters. The number of carbonyl (C=O) groups excluding carboxylic acids is 1. The lowest BCUT2D eigenvalue weighted by Crippen LogP contribution is -2.41. The number of halogens is 1. The minimum Gasteiger partial charge on any atom is -0.329 e. The summed E-state index contributed by atoms with van der Waals surface area (Å²) in [6.45, 7) is 5.09. The maximum atomic E-state index is 12.5. The summed E-state index contributed by atoms with van der Waals surface area (Å²) in [7, 11) is 0. The lowest BCUT2D eigenvalue weighted by atomic mass is 9.81. The van der Waals surface area contributed by atoms with E-state index < -0.39 is 5.41 Å². The van der Waals surface area contributed by atoms with Gasteiger partial charge < -0.3 is 11.1 Å². The first kappa shape index (κ1) is 19.2. The zero-order valence-electron chi connectivity index (χ0n) is 13.7. The van der Waals surface area contributed by atoms with Crippen LogP contribution in [0.15, 0.2) is 42.7 Å². The van der Waals surface area contributed by atoms with Crippen molar-refractivity contribution >= 4 is 24.0 Å². The second-order valence-electron chi connectivity index (χ2n) is 5.55. The van der Waals surface area contributed by atoms with Crippen LogP contribution >= 0.6 is 12.4 Å². The van der Waals surface area contributed by atoms with E-state index in [4.69, 9.17) is 5.73 Å². The van der Waals surface area contributed by atoms with Crippen molar-refractivity contribution in [3.05, 3.63) is 48.3 Å². The summed E-state index contributed by atoms with van der Waals surface area (Å²) in [5, 5.41) is 7.16. The Morgan fingerprint density at radius 3 is 2.39 bits per heavy atom. The number of aromatic nitrogens is 2. The molecule has 0 saturated carbocycles. The van der Waals surface area contributed by atoms with E-state index in [1.54, 1.807) is 6.20 Å². The molecule has 2 rings (SSSR count). The Morgan fingerprint density at radius 2 is 1.91 bits per heavy atom. The number of hydrogen-bond donors (Lipinski definition) is 2. The molecule has 1 aromatic carbocycles. The van der Waals surface area contributed by atoms with E-state index in [1.165, 1.54) is 0 Å². The Hall–Kier alpha value is -1.85. The summed E-state index contributed by atoms with van der Waals surface area (Å²) in [5.74, 6) is -0.000161. The second kappa shape index (κ2) is 8.70. The average Bonchev–Trinajstić information content (AvgIpc) is 3.04. The number of nitrogens with zero attached hydrogens (tertiary/aromatic N) is 2. The molecule has 2 aromatic rings.